The van der Waals surface area contributed by atoms with Crippen molar-refractivity contribution in [2.24, 2.45) is 11.8 Å². The van der Waals surface area contributed by atoms with Gasteiger partial charge in [-0.1, -0.05) is 42.5 Å². The predicted molar refractivity (Wildman–Crippen MR) is 177 cm³/mol. The fourth-order valence-electron chi connectivity index (χ4n) is 7.72. The topological polar surface area (TPSA) is 138 Å². The fraction of sp³-hybridized carbons (Fsp3) is 0.611. The van der Waals surface area contributed by atoms with Crippen molar-refractivity contribution in [3.63, 3.8) is 0 Å². The number of benzene rings is 1. The van der Waals surface area contributed by atoms with Gasteiger partial charge in [0.2, 0.25) is 17.7 Å². The number of rotatable bonds is 18. The maximum Gasteiger partial charge on any atom is 0.306 e. The van der Waals surface area contributed by atoms with Crippen LogP contribution in [-0.2, 0) is 33.4 Å². The number of aliphatic hydroxyl groups is 1. The second-order valence-electron chi connectivity index (χ2n) is 13.0. The number of carbonyl (C=O) groups is 4. The highest BCUT2D eigenvalue weighted by molar-refractivity contribution is 5.99. The van der Waals surface area contributed by atoms with Gasteiger partial charge in [0.05, 0.1) is 37.2 Å². The molecule has 12 nitrogen and oxygen atoms in total. The SMILES string of the molecule is C=CCCC(=O)OC[C@H](NC(=O)[C@@H]1[C@H]2C(=O)N(CCCCO)[C@H](C(=O)N(CC=C)CCN3CCOCC3)[C@]23CC[C@H]1O3)c1ccccc1. The third kappa shape index (κ3) is 7.67. The molecule has 3 amide bonds. The first-order valence-corrected chi connectivity index (χ1v) is 17.3. The number of likely N-dealkylation sites (tertiary alicyclic amines) is 1. The van der Waals surface area contributed by atoms with Crippen LogP contribution in [0.4, 0.5) is 0 Å². The summed E-state index contributed by atoms with van der Waals surface area (Å²) >= 11 is 0. The van der Waals surface area contributed by atoms with Gasteiger partial charge in [-0.15, -0.1) is 13.2 Å². The summed E-state index contributed by atoms with van der Waals surface area (Å²) in [5.41, 5.74) is -0.379. The lowest BCUT2D eigenvalue weighted by molar-refractivity contribution is -0.148. The average molecular weight is 667 g/mol. The van der Waals surface area contributed by atoms with E-state index in [4.69, 9.17) is 14.2 Å². The number of allylic oxidation sites excluding steroid dienone is 1. The van der Waals surface area contributed by atoms with Gasteiger partial charge in [-0.3, -0.25) is 24.1 Å². The lowest BCUT2D eigenvalue weighted by Gasteiger charge is -2.37. The van der Waals surface area contributed by atoms with E-state index >= 15 is 0 Å². The van der Waals surface area contributed by atoms with Crippen LogP contribution in [0.3, 0.4) is 0 Å². The lowest BCUT2D eigenvalue weighted by atomic mass is 9.70. The number of nitrogens with one attached hydrogen (secondary N) is 1. The first kappa shape index (κ1) is 35.7. The maximum atomic E-state index is 14.5. The third-order valence-electron chi connectivity index (χ3n) is 10.1. The summed E-state index contributed by atoms with van der Waals surface area (Å²) in [7, 11) is 0. The summed E-state index contributed by atoms with van der Waals surface area (Å²) < 4.78 is 17.7. The van der Waals surface area contributed by atoms with Crippen LogP contribution in [0.2, 0.25) is 0 Å². The Bertz CT molecular complexity index is 1300. The van der Waals surface area contributed by atoms with E-state index < -0.39 is 41.6 Å². The molecule has 0 aliphatic carbocycles. The molecule has 2 N–H and O–H groups in total. The molecule has 2 bridgehead atoms. The summed E-state index contributed by atoms with van der Waals surface area (Å²) in [5, 5.41) is 12.6. The molecule has 0 saturated carbocycles. The standard InChI is InChI=1S/C36H50N4O8/c1-3-5-13-29(42)47-25-27(26-11-7-6-8-12-26)37-33(43)30-28-14-15-36(48-28)31(30)34(44)40(17-9-10-22-41)32(36)35(45)39(16-4-2)19-18-38-20-23-46-24-21-38/h3-4,6-8,11-12,27-28,30-32,41H,1-2,5,9-10,13-25H2,(H,37,43)/t27-,28+,30-,31-,32+,36-/m0/s1. The van der Waals surface area contributed by atoms with Gasteiger partial charge in [-0.25, -0.2) is 0 Å². The Morgan fingerprint density at radius 1 is 1.12 bits per heavy atom. The maximum absolute atomic E-state index is 14.5. The highest BCUT2D eigenvalue weighted by Gasteiger charge is 2.74. The Hall–Kier alpha value is -3.58. The Morgan fingerprint density at radius 2 is 1.90 bits per heavy atom. The van der Waals surface area contributed by atoms with Crippen LogP contribution in [0.25, 0.3) is 0 Å². The molecule has 6 atom stereocenters. The number of ether oxygens (including phenoxy) is 3. The van der Waals surface area contributed by atoms with Crippen molar-refractivity contribution in [2.45, 2.75) is 62.3 Å². The van der Waals surface area contributed by atoms with Gasteiger partial charge >= 0.3 is 5.97 Å². The van der Waals surface area contributed by atoms with Crippen LogP contribution in [-0.4, -0.2) is 127 Å². The zero-order valence-corrected chi connectivity index (χ0v) is 27.8. The molecule has 1 aromatic carbocycles. The van der Waals surface area contributed by atoms with Gasteiger partial charge in [0, 0.05) is 52.3 Å². The van der Waals surface area contributed by atoms with Crippen LogP contribution < -0.4 is 5.32 Å². The summed E-state index contributed by atoms with van der Waals surface area (Å²) in [5.74, 6) is -2.89. The van der Waals surface area contributed by atoms with Crippen LogP contribution in [0.5, 0.6) is 0 Å². The molecule has 1 aromatic rings. The van der Waals surface area contributed by atoms with E-state index in [1.54, 1.807) is 22.0 Å². The molecule has 5 rings (SSSR count). The molecule has 12 heteroatoms. The number of amides is 3. The quantitative estimate of drug-likeness (QED) is 0.137. The number of carbonyl (C=O) groups excluding carboxylic acids is 4. The van der Waals surface area contributed by atoms with Crippen molar-refractivity contribution < 1.29 is 38.5 Å². The van der Waals surface area contributed by atoms with E-state index in [0.29, 0.717) is 65.0 Å². The van der Waals surface area contributed by atoms with E-state index in [-0.39, 0.29) is 43.9 Å². The van der Waals surface area contributed by atoms with E-state index in [9.17, 15) is 24.3 Å². The molecular formula is C36H50N4O8. The number of morpholine rings is 1. The Balaban J connectivity index is 1.38. The van der Waals surface area contributed by atoms with Gasteiger partial charge < -0.3 is 34.4 Å². The van der Waals surface area contributed by atoms with Crippen LogP contribution in [0, 0.1) is 11.8 Å². The second kappa shape index (κ2) is 16.7. The van der Waals surface area contributed by atoms with Gasteiger partial charge in [0.15, 0.2) is 0 Å². The molecule has 4 aliphatic rings. The van der Waals surface area contributed by atoms with Crippen LogP contribution in [0.1, 0.15) is 50.1 Å². The lowest BCUT2D eigenvalue weighted by Crippen LogP contribution is -2.57. The first-order chi connectivity index (χ1) is 23.3. The van der Waals surface area contributed by atoms with E-state index in [2.05, 4.69) is 23.4 Å². The highest BCUT2D eigenvalue weighted by Crippen LogP contribution is 2.58. The van der Waals surface area contributed by atoms with Crippen LogP contribution in [0.15, 0.2) is 55.6 Å². The molecule has 48 heavy (non-hydrogen) atoms. The van der Waals surface area contributed by atoms with E-state index in [0.717, 1.165) is 18.7 Å². The van der Waals surface area contributed by atoms with Gasteiger partial charge in [0.1, 0.15) is 18.2 Å². The number of esters is 1. The number of hydrogen-bond donors (Lipinski definition) is 2. The number of nitrogens with zero attached hydrogens (tertiary/aromatic N) is 3. The fourth-order valence-corrected chi connectivity index (χ4v) is 7.72. The zero-order chi connectivity index (χ0) is 34.1. The zero-order valence-electron chi connectivity index (χ0n) is 27.8. The van der Waals surface area contributed by atoms with Gasteiger partial charge in [0.25, 0.3) is 0 Å². The highest BCUT2D eigenvalue weighted by atomic mass is 16.5. The molecule has 1 spiro atoms. The number of aliphatic hydroxyl groups excluding tert-OH is 1. The van der Waals surface area contributed by atoms with Crippen molar-refractivity contribution >= 4 is 23.7 Å². The molecule has 4 heterocycles. The van der Waals surface area contributed by atoms with Crippen LogP contribution >= 0.6 is 0 Å². The largest absolute Gasteiger partial charge is 0.463 e. The molecule has 0 unspecified atom stereocenters. The summed E-state index contributed by atoms with van der Waals surface area (Å²) in [6.07, 6.45) is 5.50. The summed E-state index contributed by atoms with van der Waals surface area (Å²) in [4.78, 5) is 61.1. The molecule has 0 radical (unpaired) electrons. The van der Waals surface area contributed by atoms with Crippen molar-refractivity contribution in [3.8, 4) is 0 Å². The number of unbranched alkanes of at least 4 members (excludes halogenated alkanes) is 1. The monoisotopic (exact) mass is 666 g/mol. The van der Waals surface area contributed by atoms with Crippen molar-refractivity contribution in [3.05, 3.63) is 61.2 Å². The summed E-state index contributed by atoms with van der Waals surface area (Å²) in [6.45, 7) is 12.0. The Morgan fingerprint density at radius 3 is 2.60 bits per heavy atom. The molecule has 4 saturated heterocycles. The average Bonchev–Trinajstić information content (AvgIpc) is 3.75. The Kier molecular flexibility index (Phi) is 12.4. The summed E-state index contributed by atoms with van der Waals surface area (Å²) in [6, 6.07) is 7.73. The molecule has 262 valence electrons. The first-order valence-electron chi connectivity index (χ1n) is 17.3. The number of fused-ring (bicyclic) bond motifs is 1. The minimum Gasteiger partial charge on any atom is -0.463 e. The second-order valence-corrected chi connectivity index (χ2v) is 13.0. The smallest absolute Gasteiger partial charge is 0.306 e. The Labute approximate surface area is 283 Å². The normalized spacial score (nSPS) is 26.9. The minimum atomic E-state index is -1.14. The van der Waals surface area contributed by atoms with Crippen molar-refractivity contribution in [1.82, 2.24) is 20.0 Å². The molecule has 0 aromatic heterocycles. The van der Waals surface area contributed by atoms with E-state index in [1.165, 1.54) is 0 Å². The van der Waals surface area contributed by atoms with Crippen molar-refractivity contribution in [2.75, 3.05) is 65.7 Å². The van der Waals surface area contributed by atoms with Gasteiger partial charge in [-0.2, -0.15) is 0 Å². The minimum absolute atomic E-state index is 0.0278. The molecular weight excluding hydrogens is 616 g/mol. The predicted octanol–water partition coefficient (Wildman–Crippen LogP) is 1.85. The molecule has 4 aliphatic heterocycles. The van der Waals surface area contributed by atoms with Crippen molar-refractivity contribution in [1.29, 1.82) is 0 Å². The third-order valence-corrected chi connectivity index (χ3v) is 10.1. The number of hydrogen-bond acceptors (Lipinski definition) is 9. The van der Waals surface area contributed by atoms with E-state index in [1.807, 2.05) is 30.3 Å². The van der Waals surface area contributed by atoms with Gasteiger partial charge in [-0.05, 0) is 37.7 Å². The molecule has 4 fully saturated rings.